The van der Waals surface area contributed by atoms with E-state index in [4.69, 9.17) is 0 Å². The molecule has 16 heavy (non-hydrogen) atoms. The third-order valence-corrected chi connectivity index (χ3v) is 3.48. The first-order valence-electron chi connectivity index (χ1n) is 6.10. The van der Waals surface area contributed by atoms with Crippen LogP contribution in [-0.4, -0.2) is 21.9 Å². The molecule has 0 bridgehead atoms. The van der Waals surface area contributed by atoms with Crippen molar-refractivity contribution in [1.29, 1.82) is 0 Å². The Morgan fingerprint density at radius 2 is 2.19 bits per heavy atom. The average Bonchev–Trinajstić information content (AvgIpc) is 2.62. The molecule has 0 saturated carbocycles. The van der Waals surface area contributed by atoms with Crippen LogP contribution in [0.3, 0.4) is 0 Å². The van der Waals surface area contributed by atoms with Crippen LogP contribution >= 0.6 is 0 Å². The number of hydrogen-bond acceptors (Lipinski definition) is 1. The summed E-state index contributed by atoms with van der Waals surface area (Å²) >= 11 is 0. The van der Waals surface area contributed by atoms with Crippen LogP contribution in [0.4, 0.5) is 0 Å². The van der Waals surface area contributed by atoms with E-state index in [9.17, 15) is 4.79 Å². The summed E-state index contributed by atoms with van der Waals surface area (Å²) in [6.45, 7) is 8.09. The maximum atomic E-state index is 11.9. The summed E-state index contributed by atoms with van der Waals surface area (Å²) in [6, 6.07) is 4.51. The van der Waals surface area contributed by atoms with Gasteiger partial charge in [0.05, 0.1) is 6.04 Å². The van der Waals surface area contributed by atoms with E-state index < -0.39 is 0 Å². The third kappa shape index (κ3) is 1.75. The van der Waals surface area contributed by atoms with Gasteiger partial charge in [0, 0.05) is 30.9 Å². The number of rotatable bonds is 2. The molecule has 0 spiro atoms. The Morgan fingerprint density at radius 3 is 2.88 bits per heavy atom. The maximum Gasteiger partial charge on any atom is 0.223 e. The van der Waals surface area contributed by atoms with Crippen LogP contribution in [-0.2, 0) is 11.3 Å². The van der Waals surface area contributed by atoms with Crippen LogP contribution in [0.15, 0.2) is 12.1 Å². The highest BCUT2D eigenvalue weighted by Crippen LogP contribution is 2.27. The second-order valence-electron chi connectivity index (χ2n) is 4.56. The van der Waals surface area contributed by atoms with Gasteiger partial charge in [0.15, 0.2) is 0 Å². The van der Waals surface area contributed by atoms with Gasteiger partial charge < -0.3 is 9.47 Å². The number of aromatic nitrogens is 1. The Kier molecular flexibility index (Phi) is 3.03. The van der Waals surface area contributed by atoms with Gasteiger partial charge in [-0.3, -0.25) is 4.79 Å². The minimum Gasteiger partial charge on any atom is -0.345 e. The molecule has 0 saturated heterocycles. The molecule has 1 atom stereocenters. The van der Waals surface area contributed by atoms with E-state index in [1.165, 1.54) is 11.4 Å². The summed E-state index contributed by atoms with van der Waals surface area (Å²) in [4.78, 5) is 14.0. The molecule has 0 N–H and O–H groups in total. The van der Waals surface area contributed by atoms with Crippen LogP contribution in [0.1, 0.15) is 44.1 Å². The smallest absolute Gasteiger partial charge is 0.223 e. The highest BCUT2D eigenvalue weighted by Gasteiger charge is 2.27. The molecule has 2 heterocycles. The van der Waals surface area contributed by atoms with Gasteiger partial charge in [-0.2, -0.15) is 0 Å². The molecular formula is C13H20N2O. The predicted octanol–water partition coefficient (Wildman–Crippen LogP) is 2.50. The number of aryl methyl sites for hydroxylation is 1. The largest absolute Gasteiger partial charge is 0.345 e. The van der Waals surface area contributed by atoms with Crippen LogP contribution < -0.4 is 0 Å². The molecule has 1 aliphatic heterocycles. The second kappa shape index (κ2) is 4.32. The third-order valence-electron chi connectivity index (χ3n) is 3.48. The molecule has 0 fully saturated rings. The van der Waals surface area contributed by atoms with Crippen molar-refractivity contribution in [3.05, 3.63) is 23.5 Å². The van der Waals surface area contributed by atoms with Gasteiger partial charge in [0.1, 0.15) is 0 Å². The number of nitrogens with zero attached hydrogens (tertiary/aromatic N) is 2. The van der Waals surface area contributed by atoms with Crippen molar-refractivity contribution in [3.63, 3.8) is 0 Å². The van der Waals surface area contributed by atoms with Gasteiger partial charge in [-0.15, -0.1) is 0 Å². The summed E-state index contributed by atoms with van der Waals surface area (Å²) in [5.41, 5.74) is 2.57. The van der Waals surface area contributed by atoms with Crippen molar-refractivity contribution in [2.45, 2.75) is 46.2 Å². The summed E-state index contributed by atoms with van der Waals surface area (Å²) in [7, 11) is 0. The highest BCUT2D eigenvalue weighted by molar-refractivity contribution is 5.76. The van der Waals surface area contributed by atoms with Gasteiger partial charge >= 0.3 is 0 Å². The van der Waals surface area contributed by atoms with Crippen molar-refractivity contribution >= 4 is 5.91 Å². The first-order valence-corrected chi connectivity index (χ1v) is 6.10. The molecule has 0 unspecified atom stereocenters. The minimum absolute atomic E-state index is 0.224. The van der Waals surface area contributed by atoms with Crippen molar-refractivity contribution in [1.82, 2.24) is 9.47 Å². The summed E-state index contributed by atoms with van der Waals surface area (Å²) in [5.74, 6) is 0.292. The Labute approximate surface area is 97.1 Å². The number of carbonyl (C=O) groups excluding carboxylic acids is 1. The lowest BCUT2D eigenvalue weighted by atomic mass is 10.1. The topological polar surface area (TPSA) is 25.2 Å². The van der Waals surface area contributed by atoms with Crippen molar-refractivity contribution in [2.75, 3.05) is 6.54 Å². The normalized spacial score (nSPS) is 19.7. The van der Waals surface area contributed by atoms with Crippen LogP contribution in [0.25, 0.3) is 0 Å². The van der Waals surface area contributed by atoms with Crippen LogP contribution in [0.5, 0.6) is 0 Å². The van der Waals surface area contributed by atoms with E-state index >= 15 is 0 Å². The average molecular weight is 220 g/mol. The maximum absolute atomic E-state index is 11.9. The Morgan fingerprint density at radius 1 is 1.44 bits per heavy atom. The Balaban J connectivity index is 2.21. The molecule has 88 valence electrons. The fourth-order valence-corrected chi connectivity index (χ4v) is 2.52. The van der Waals surface area contributed by atoms with Crippen molar-refractivity contribution in [3.8, 4) is 0 Å². The lowest BCUT2D eigenvalue weighted by Crippen LogP contribution is -2.40. The molecule has 3 heteroatoms. The molecular weight excluding hydrogens is 200 g/mol. The zero-order chi connectivity index (χ0) is 11.7. The quantitative estimate of drug-likeness (QED) is 0.751. The number of fused-ring (bicyclic) bond motifs is 1. The van der Waals surface area contributed by atoms with Crippen molar-refractivity contribution in [2.24, 2.45) is 0 Å². The Hall–Kier alpha value is -1.25. The molecule has 2 rings (SSSR count). The molecule has 1 aliphatic rings. The number of carbonyl (C=O) groups is 1. The van der Waals surface area contributed by atoms with Crippen LogP contribution in [0.2, 0.25) is 0 Å². The monoisotopic (exact) mass is 220 g/mol. The molecule has 0 aliphatic carbocycles. The van der Waals surface area contributed by atoms with Crippen molar-refractivity contribution < 1.29 is 4.79 Å². The zero-order valence-electron chi connectivity index (χ0n) is 10.4. The molecule has 1 amide bonds. The standard InChI is InChI=1S/C13H20N2O/c1-4-5-13(16)15-9-8-14-10(2)6-7-12(14)11(15)3/h6-7,11H,4-5,8-9H2,1-3H3/t11-/m0/s1. The Bertz CT molecular complexity index is 395. The lowest BCUT2D eigenvalue weighted by molar-refractivity contribution is -0.134. The van der Waals surface area contributed by atoms with E-state index in [1.54, 1.807) is 0 Å². The van der Waals surface area contributed by atoms with Gasteiger partial charge in [-0.05, 0) is 32.4 Å². The number of amides is 1. The molecule has 3 nitrogen and oxygen atoms in total. The van der Waals surface area contributed by atoms with E-state index in [0.717, 1.165) is 19.5 Å². The predicted molar refractivity (Wildman–Crippen MR) is 64.2 cm³/mol. The summed E-state index contributed by atoms with van der Waals surface area (Å²) in [5, 5.41) is 0. The van der Waals surface area contributed by atoms with Gasteiger partial charge in [-0.25, -0.2) is 0 Å². The summed E-state index contributed by atoms with van der Waals surface area (Å²) < 4.78 is 2.32. The fourth-order valence-electron chi connectivity index (χ4n) is 2.52. The first kappa shape index (κ1) is 11.2. The fraction of sp³-hybridized carbons (Fsp3) is 0.615. The summed E-state index contributed by atoms with van der Waals surface area (Å²) in [6.07, 6.45) is 1.60. The van der Waals surface area contributed by atoms with E-state index in [1.807, 2.05) is 4.90 Å². The zero-order valence-corrected chi connectivity index (χ0v) is 10.4. The van der Waals surface area contributed by atoms with Crippen LogP contribution in [0, 0.1) is 6.92 Å². The van der Waals surface area contributed by atoms with E-state index in [-0.39, 0.29) is 6.04 Å². The molecule has 0 radical (unpaired) electrons. The van der Waals surface area contributed by atoms with E-state index in [2.05, 4.69) is 37.5 Å². The van der Waals surface area contributed by atoms with Gasteiger partial charge in [0.25, 0.3) is 0 Å². The first-order chi connectivity index (χ1) is 7.65. The second-order valence-corrected chi connectivity index (χ2v) is 4.56. The minimum atomic E-state index is 0.224. The molecule has 0 aromatic carbocycles. The SMILES string of the molecule is CCCC(=O)N1CCn2c(C)ccc2[C@@H]1C. The lowest BCUT2D eigenvalue weighted by Gasteiger charge is -2.35. The van der Waals surface area contributed by atoms with E-state index in [0.29, 0.717) is 12.3 Å². The van der Waals surface area contributed by atoms with Gasteiger partial charge in [0.2, 0.25) is 5.91 Å². The molecule has 1 aromatic heterocycles. The highest BCUT2D eigenvalue weighted by atomic mass is 16.2. The molecule has 1 aromatic rings. The number of hydrogen-bond donors (Lipinski definition) is 0. The van der Waals surface area contributed by atoms with Gasteiger partial charge in [-0.1, -0.05) is 6.92 Å².